The fourth-order valence-corrected chi connectivity index (χ4v) is 1.87. The topological polar surface area (TPSA) is 37.4 Å². The SMILES string of the molecule is CN1C(=O)CC2(C=CC=CC2)C1=O. The molecule has 1 aliphatic heterocycles. The molecule has 0 radical (unpaired) electrons. The molecule has 68 valence electrons. The fraction of sp³-hybridized carbons (Fsp3) is 0.400. The number of nitrogens with zero attached hydrogens (tertiary/aromatic N) is 1. The van der Waals surface area contributed by atoms with Gasteiger partial charge in [-0.05, 0) is 6.42 Å². The van der Waals surface area contributed by atoms with Crippen LogP contribution in [0.4, 0.5) is 0 Å². The summed E-state index contributed by atoms with van der Waals surface area (Å²) in [5.74, 6) is -0.150. The van der Waals surface area contributed by atoms with Crippen molar-refractivity contribution in [2.45, 2.75) is 12.8 Å². The smallest absolute Gasteiger partial charge is 0.239 e. The summed E-state index contributed by atoms with van der Waals surface area (Å²) in [6, 6.07) is 0. The normalized spacial score (nSPS) is 32.2. The molecule has 1 saturated heterocycles. The zero-order valence-electron chi connectivity index (χ0n) is 7.49. The van der Waals surface area contributed by atoms with Gasteiger partial charge in [0.1, 0.15) is 0 Å². The monoisotopic (exact) mass is 177 g/mol. The number of imide groups is 1. The lowest BCUT2D eigenvalue weighted by atomic mass is 9.80. The number of carbonyl (C=O) groups is 2. The molecule has 0 aromatic rings. The maximum atomic E-state index is 11.7. The summed E-state index contributed by atoms with van der Waals surface area (Å²) in [4.78, 5) is 24.2. The first-order chi connectivity index (χ1) is 6.16. The zero-order valence-corrected chi connectivity index (χ0v) is 7.49. The van der Waals surface area contributed by atoms with E-state index < -0.39 is 5.41 Å². The third-order valence-corrected chi connectivity index (χ3v) is 2.72. The number of likely N-dealkylation sites (tertiary alicyclic amines) is 1. The van der Waals surface area contributed by atoms with E-state index in [4.69, 9.17) is 0 Å². The molecule has 1 aliphatic carbocycles. The molecule has 1 spiro atoms. The summed E-state index contributed by atoms with van der Waals surface area (Å²) in [6.45, 7) is 0. The number of hydrogen-bond acceptors (Lipinski definition) is 2. The molecule has 1 unspecified atom stereocenters. The lowest BCUT2D eigenvalue weighted by Crippen LogP contribution is -2.31. The van der Waals surface area contributed by atoms with Crippen molar-refractivity contribution < 1.29 is 9.59 Å². The predicted octanol–water partition coefficient (Wildman–Crippen LogP) is 0.878. The standard InChI is InChI=1S/C10H11NO2/c1-11-8(12)7-10(9(11)13)5-3-2-4-6-10/h2-5H,6-7H2,1H3. The van der Waals surface area contributed by atoms with E-state index in [-0.39, 0.29) is 11.8 Å². The Bertz CT molecular complexity index is 330. The Labute approximate surface area is 76.7 Å². The van der Waals surface area contributed by atoms with Crippen molar-refractivity contribution in [3.8, 4) is 0 Å². The third-order valence-electron chi connectivity index (χ3n) is 2.72. The van der Waals surface area contributed by atoms with Crippen LogP contribution >= 0.6 is 0 Å². The Balaban J connectivity index is 2.36. The van der Waals surface area contributed by atoms with Gasteiger partial charge in [-0.25, -0.2) is 0 Å². The Kier molecular flexibility index (Phi) is 1.62. The lowest BCUT2D eigenvalue weighted by molar-refractivity contribution is -0.138. The molecule has 3 nitrogen and oxygen atoms in total. The van der Waals surface area contributed by atoms with Crippen molar-refractivity contribution in [2.75, 3.05) is 7.05 Å². The van der Waals surface area contributed by atoms with Gasteiger partial charge in [-0.15, -0.1) is 0 Å². The second-order valence-electron chi connectivity index (χ2n) is 3.58. The van der Waals surface area contributed by atoms with E-state index in [9.17, 15) is 9.59 Å². The van der Waals surface area contributed by atoms with Crippen LogP contribution in [-0.4, -0.2) is 23.8 Å². The van der Waals surface area contributed by atoms with Gasteiger partial charge in [-0.3, -0.25) is 14.5 Å². The highest BCUT2D eigenvalue weighted by atomic mass is 16.2. The molecule has 1 atom stereocenters. The molecule has 2 rings (SSSR count). The lowest BCUT2D eigenvalue weighted by Gasteiger charge is -2.22. The van der Waals surface area contributed by atoms with Crippen LogP contribution < -0.4 is 0 Å². The minimum Gasteiger partial charge on any atom is -0.285 e. The molecule has 0 N–H and O–H groups in total. The van der Waals surface area contributed by atoms with Crippen molar-refractivity contribution in [2.24, 2.45) is 5.41 Å². The van der Waals surface area contributed by atoms with Gasteiger partial charge in [0.2, 0.25) is 11.8 Å². The van der Waals surface area contributed by atoms with Gasteiger partial charge in [0.15, 0.2) is 0 Å². The first-order valence-corrected chi connectivity index (χ1v) is 4.31. The summed E-state index contributed by atoms with van der Waals surface area (Å²) in [7, 11) is 1.55. The quantitative estimate of drug-likeness (QED) is 0.515. The van der Waals surface area contributed by atoms with Gasteiger partial charge >= 0.3 is 0 Å². The number of hydrogen-bond donors (Lipinski definition) is 0. The van der Waals surface area contributed by atoms with Gasteiger partial charge in [0.25, 0.3) is 0 Å². The molecular formula is C10H11NO2. The molecule has 2 amide bonds. The number of rotatable bonds is 0. The fourth-order valence-electron chi connectivity index (χ4n) is 1.87. The van der Waals surface area contributed by atoms with Crippen molar-refractivity contribution in [3.05, 3.63) is 24.3 Å². The van der Waals surface area contributed by atoms with Gasteiger partial charge in [-0.1, -0.05) is 24.3 Å². The predicted molar refractivity (Wildman–Crippen MR) is 47.7 cm³/mol. The highest BCUT2D eigenvalue weighted by Gasteiger charge is 2.47. The molecule has 0 aromatic heterocycles. The van der Waals surface area contributed by atoms with E-state index in [1.54, 1.807) is 7.05 Å². The van der Waals surface area contributed by atoms with E-state index in [0.717, 1.165) is 0 Å². The van der Waals surface area contributed by atoms with Crippen molar-refractivity contribution in [1.82, 2.24) is 4.90 Å². The van der Waals surface area contributed by atoms with E-state index in [2.05, 4.69) is 0 Å². The van der Waals surface area contributed by atoms with Crippen LogP contribution in [0.3, 0.4) is 0 Å². The van der Waals surface area contributed by atoms with Gasteiger partial charge < -0.3 is 0 Å². The van der Waals surface area contributed by atoms with Crippen LogP contribution in [0, 0.1) is 5.41 Å². The van der Waals surface area contributed by atoms with Crippen LogP contribution in [0.15, 0.2) is 24.3 Å². The maximum absolute atomic E-state index is 11.7. The van der Waals surface area contributed by atoms with E-state index in [1.165, 1.54) is 4.90 Å². The van der Waals surface area contributed by atoms with E-state index in [0.29, 0.717) is 12.8 Å². The summed E-state index contributed by atoms with van der Waals surface area (Å²) in [5, 5.41) is 0. The average Bonchev–Trinajstić information content (AvgIpc) is 2.33. The minimum absolute atomic E-state index is 0.0712. The van der Waals surface area contributed by atoms with Gasteiger partial charge in [0, 0.05) is 13.5 Å². The Morgan fingerprint density at radius 1 is 1.38 bits per heavy atom. The second kappa shape index (κ2) is 2.55. The highest BCUT2D eigenvalue weighted by molar-refractivity contribution is 6.06. The van der Waals surface area contributed by atoms with Crippen LogP contribution in [-0.2, 0) is 9.59 Å². The van der Waals surface area contributed by atoms with Crippen molar-refractivity contribution >= 4 is 11.8 Å². The zero-order chi connectivity index (χ0) is 9.47. The highest BCUT2D eigenvalue weighted by Crippen LogP contribution is 2.38. The molecule has 0 saturated carbocycles. The number of amides is 2. The van der Waals surface area contributed by atoms with Crippen molar-refractivity contribution in [3.63, 3.8) is 0 Å². The molecular weight excluding hydrogens is 166 g/mol. The molecule has 0 aromatic carbocycles. The maximum Gasteiger partial charge on any atom is 0.239 e. The minimum atomic E-state index is -0.555. The largest absolute Gasteiger partial charge is 0.285 e. The van der Waals surface area contributed by atoms with Crippen LogP contribution in [0.25, 0.3) is 0 Å². The number of allylic oxidation sites excluding steroid dienone is 3. The Morgan fingerprint density at radius 3 is 2.62 bits per heavy atom. The molecule has 1 heterocycles. The summed E-state index contributed by atoms with van der Waals surface area (Å²) in [6.07, 6.45) is 8.50. The third kappa shape index (κ3) is 1.03. The molecule has 2 aliphatic rings. The Morgan fingerprint density at radius 2 is 2.15 bits per heavy atom. The van der Waals surface area contributed by atoms with Crippen LogP contribution in [0.1, 0.15) is 12.8 Å². The number of carbonyl (C=O) groups excluding carboxylic acids is 2. The molecule has 13 heavy (non-hydrogen) atoms. The molecule has 1 fully saturated rings. The molecule has 3 heteroatoms. The van der Waals surface area contributed by atoms with Gasteiger partial charge in [-0.2, -0.15) is 0 Å². The van der Waals surface area contributed by atoms with Crippen molar-refractivity contribution in [1.29, 1.82) is 0 Å². The van der Waals surface area contributed by atoms with Crippen LogP contribution in [0.2, 0.25) is 0 Å². The van der Waals surface area contributed by atoms with Gasteiger partial charge in [0.05, 0.1) is 5.41 Å². The first kappa shape index (κ1) is 8.23. The molecule has 0 bridgehead atoms. The van der Waals surface area contributed by atoms with Crippen LogP contribution in [0.5, 0.6) is 0 Å². The second-order valence-corrected chi connectivity index (χ2v) is 3.58. The summed E-state index contributed by atoms with van der Waals surface area (Å²) in [5.41, 5.74) is -0.555. The van der Waals surface area contributed by atoms with E-state index >= 15 is 0 Å². The summed E-state index contributed by atoms with van der Waals surface area (Å²) >= 11 is 0. The first-order valence-electron chi connectivity index (χ1n) is 4.31. The summed E-state index contributed by atoms with van der Waals surface area (Å²) < 4.78 is 0. The van der Waals surface area contributed by atoms with E-state index in [1.807, 2.05) is 24.3 Å². The average molecular weight is 177 g/mol. The Hall–Kier alpha value is -1.38.